The molecule has 4 N–H and O–H groups in total. The van der Waals surface area contributed by atoms with Gasteiger partial charge < -0.3 is 30.5 Å². The number of amides is 2. The molecule has 5 atom stereocenters. The van der Waals surface area contributed by atoms with E-state index in [-0.39, 0.29) is 25.3 Å². The van der Waals surface area contributed by atoms with Gasteiger partial charge in [-0.2, -0.15) is 13.2 Å². The molecule has 1 aromatic rings. The SMILES string of the molecule is COC[C@H](N)C(=O)N1C[C@H](S(=O)(=O)Cc2ccc(OC)cc2)C[C@H]1C(=O)N[C@@H](C)[C@H](O)C(F)(F)F. The van der Waals surface area contributed by atoms with Crippen LogP contribution >= 0.6 is 0 Å². The van der Waals surface area contributed by atoms with Crippen LogP contribution in [-0.2, 0) is 29.9 Å². The average Bonchev–Trinajstić information content (AvgIpc) is 3.24. The Morgan fingerprint density at radius 1 is 1.26 bits per heavy atom. The summed E-state index contributed by atoms with van der Waals surface area (Å²) in [6.07, 6.45) is -8.17. The summed E-state index contributed by atoms with van der Waals surface area (Å²) < 4.78 is 74.5. The molecular weight excluding hydrogens is 495 g/mol. The van der Waals surface area contributed by atoms with Crippen LogP contribution in [-0.4, -0.2) is 93.3 Å². The fourth-order valence-electron chi connectivity index (χ4n) is 3.77. The van der Waals surface area contributed by atoms with Gasteiger partial charge in [0.15, 0.2) is 15.9 Å². The predicted octanol–water partition coefficient (Wildman–Crippen LogP) is -0.0189. The number of aliphatic hydroxyl groups is 1. The number of alkyl halides is 3. The van der Waals surface area contributed by atoms with Crippen LogP contribution in [0.4, 0.5) is 13.2 Å². The normalized spacial score (nSPS) is 21.3. The van der Waals surface area contributed by atoms with Crippen molar-refractivity contribution in [2.24, 2.45) is 5.73 Å². The standard InChI is InChI=1S/C21H30F3N3O7S/c1-12(18(28)21(22,23)24)26-19(29)17-8-15(9-27(17)20(30)16(25)10-33-2)35(31,32)11-13-4-6-14(34-3)7-5-13/h4-7,12,15-18,28H,8-11,25H2,1-3H3,(H,26,29)/t12-,15+,16-,17-,18-/m0/s1. The van der Waals surface area contributed by atoms with Crippen LogP contribution in [0, 0.1) is 0 Å². The monoisotopic (exact) mass is 525 g/mol. The first-order chi connectivity index (χ1) is 16.2. The van der Waals surface area contributed by atoms with Gasteiger partial charge in [0.1, 0.15) is 17.8 Å². The maximum Gasteiger partial charge on any atom is 0.416 e. The van der Waals surface area contributed by atoms with Crippen molar-refractivity contribution in [2.45, 2.75) is 54.8 Å². The molecule has 0 spiro atoms. The molecule has 14 heteroatoms. The van der Waals surface area contributed by atoms with E-state index in [0.717, 1.165) is 11.8 Å². The fourth-order valence-corrected chi connectivity index (χ4v) is 5.52. The molecule has 198 valence electrons. The lowest BCUT2D eigenvalue weighted by molar-refractivity contribution is -0.210. The Balaban J connectivity index is 2.26. The van der Waals surface area contributed by atoms with E-state index < -0.39 is 57.3 Å². The second kappa shape index (κ2) is 11.5. The van der Waals surface area contributed by atoms with E-state index in [1.165, 1.54) is 14.2 Å². The lowest BCUT2D eigenvalue weighted by atomic mass is 10.1. The van der Waals surface area contributed by atoms with Crippen molar-refractivity contribution in [3.63, 3.8) is 0 Å². The zero-order valence-corrected chi connectivity index (χ0v) is 20.3. The number of nitrogens with one attached hydrogen (secondary N) is 1. The fraction of sp³-hybridized carbons (Fsp3) is 0.619. The number of nitrogens with two attached hydrogens (primary N) is 1. The molecule has 2 rings (SSSR count). The minimum atomic E-state index is -4.98. The number of hydrogen-bond acceptors (Lipinski definition) is 8. The number of carbonyl (C=O) groups is 2. The van der Waals surface area contributed by atoms with Crippen LogP contribution in [0.3, 0.4) is 0 Å². The van der Waals surface area contributed by atoms with Gasteiger partial charge in [0.2, 0.25) is 11.8 Å². The summed E-state index contributed by atoms with van der Waals surface area (Å²) in [5.74, 6) is -1.66. The minimum absolute atomic E-state index is 0.212. The molecular formula is C21H30F3N3O7S. The average molecular weight is 526 g/mol. The second-order valence-corrected chi connectivity index (χ2v) is 10.6. The smallest absolute Gasteiger partial charge is 0.416 e. The first-order valence-electron chi connectivity index (χ1n) is 10.7. The summed E-state index contributed by atoms with van der Waals surface area (Å²) in [6, 6.07) is 1.95. The van der Waals surface area contributed by atoms with E-state index in [2.05, 4.69) is 0 Å². The molecule has 2 amide bonds. The summed E-state index contributed by atoms with van der Waals surface area (Å²) in [5, 5.41) is 10.3. The van der Waals surface area contributed by atoms with Crippen molar-refractivity contribution in [2.75, 3.05) is 27.4 Å². The van der Waals surface area contributed by atoms with Crippen LogP contribution in [0.15, 0.2) is 24.3 Å². The number of halogens is 3. The Labute approximate surface area is 201 Å². The Bertz CT molecular complexity index is 989. The third-order valence-corrected chi connectivity index (χ3v) is 7.82. The third kappa shape index (κ3) is 7.29. The highest BCUT2D eigenvalue weighted by atomic mass is 32.2. The summed E-state index contributed by atoms with van der Waals surface area (Å²) in [6.45, 7) is 0.366. The van der Waals surface area contributed by atoms with Crippen LogP contribution < -0.4 is 15.8 Å². The molecule has 1 fully saturated rings. The molecule has 10 nitrogen and oxygen atoms in total. The van der Waals surface area contributed by atoms with Gasteiger partial charge in [-0.25, -0.2) is 8.42 Å². The number of likely N-dealkylation sites (tertiary alicyclic amines) is 1. The highest BCUT2D eigenvalue weighted by Crippen LogP contribution is 2.28. The van der Waals surface area contributed by atoms with Crippen molar-refractivity contribution in [3.8, 4) is 5.75 Å². The largest absolute Gasteiger partial charge is 0.497 e. The van der Waals surface area contributed by atoms with Gasteiger partial charge in [0, 0.05) is 13.7 Å². The number of hydrogen-bond donors (Lipinski definition) is 3. The van der Waals surface area contributed by atoms with Crippen LogP contribution in [0.5, 0.6) is 5.75 Å². The van der Waals surface area contributed by atoms with Crippen LogP contribution in [0.2, 0.25) is 0 Å². The van der Waals surface area contributed by atoms with Crippen molar-refractivity contribution in [1.82, 2.24) is 10.2 Å². The molecule has 35 heavy (non-hydrogen) atoms. The van der Waals surface area contributed by atoms with Gasteiger partial charge in [-0.3, -0.25) is 9.59 Å². The highest BCUT2D eigenvalue weighted by molar-refractivity contribution is 7.91. The first-order valence-corrected chi connectivity index (χ1v) is 12.4. The molecule has 1 aliphatic rings. The van der Waals surface area contributed by atoms with Gasteiger partial charge in [-0.1, -0.05) is 12.1 Å². The summed E-state index contributed by atoms with van der Waals surface area (Å²) in [7, 11) is -1.13. The number of rotatable bonds is 10. The molecule has 1 heterocycles. The van der Waals surface area contributed by atoms with E-state index >= 15 is 0 Å². The zero-order chi connectivity index (χ0) is 26.6. The lowest BCUT2D eigenvalue weighted by Gasteiger charge is -2.29. The van der Waals surface area contributed by atoms with E-state index in [1.807, 2.05) is 5.32 Å². The third-order valence-electron chi connectivity index (χ3n) is 5.73. The maximum atomic E-state index is 13.1. The molecule has 1 saturated heterocycles. The number of carbonyl (C=O) groups excluding carboxylic acids is 2. The highest BCUT2D eigenvalue weighted by Gasteiger charge is 2.47. The number of sulfone groups is 1. The molecule has 1 aromatic carbocycles. The molecule has 0 aliphatic carbocycles. The number of ether oxygens (including phenoxy) is 2. The second-order valence-electron chi connectivity index (χ2n) is 8.36. The van der Waals surface area contributed by atoms with Gasteiger partial charge in [-0.05, 0) is 31.0 Å². The van der Waals surface area contributed by atoms with E-state index in [4.69, 9.17) is 15.2 Å². The van der Waals surface area contributed by atoms with Gasteiger partial charge in [0.25, 0.3) is 0 Å². The van der Waals surface area contributed by atoms with Gasteiger partial charge in [0.05, 0.1) is 30.8 Å². The number of nitrogens with zero attached hydrogens (tertiary/aromatic N) is 1. The van der Waals surface area contributed by atoms with E-state index in [9.17, 15) is 36.3 Å². The molecule has 0 saturated carbocycles. The number of benzene rings is 1. The summed E-state index contributed by atoms with van der Waals surface area (Å²) >= 11 is 0. The van der Waals surface area contributed by atoms with E-state index in [1.54, 1.807) is 24.3 Å². The van der Waals surface area contributed by atoms with Crippen molar-refractivity contribution >= 4 is 21.7 Å². The number of aliphatic hydroxyl groups excluding tert-OH is 1. The lowest BCUT2D eigenvalue weighted by Crippen LogP contribution is -2.56. The van der Waals surface area contributed by atoms with Crippen LogP contribution in [0.25, 0.3) is 0 Å². The molecule has 0 bridgehead atoms. The topological polar surface area (TPSA) is 148 Å². The van der Waals surface area contributed by atoms with E-state index in [0.29, 0.717) is 11.3 Å². The number of methoxy groups -OCH3 is 2. The minimum Gasteiger partial charge on any atom is -0.497 e. The molecule has 0 unspecified atom stereocenters. The Morgan fingerprint density at radius 2 is 1.86 bits per heavy atom. The Morgan fingerprint density at radius 3 is 2.37 bits per heavy atom. The predicted molar refractivity (Wildman–Crippen MR) is 119 cm³/mol. The first kappa shape index (κ1) is 28.8. The Kier molecular flexibility index (Phi) is 9.50. The quantitative estimate of drug-likeness (QED) is 0.386. The van der Waals surface area contributed by atoms with Crippen molar-refractivity contribution in [1.29, 1.82) is 0 Å². The molecule has 0 radical (unpaired) electrons. The Hall–Kier alpha value is -2.42. The zero-order valence-electron chi connectivity index (χ0n) is 19.5. The summed E-state index contributed by atoms with van der Waals surface area (Å²) in [5.41, 5.74) is 6.24. The summed E-state index contributed by atoms with van der Waals surface area (Å²) in [4.78, 5) is 26.6. The van der Waals surface area contributed by atoms with Gasteiger partial charge in [-0.15, -0.1) is 0 Å². The van der Waals surface area contributed by atoms with Crippen molar-refractivity contribution in [3.05, 3.63) is 29.8 Å². The maximum absolute atomic E-state index is 13.1. The molecule has 0 aromatic heterocycles. The van der Waals surface area contributed by atoms with Crippen LogP contribution in [0.1, 0.15) is 18.9 Å². The van der Waals surface area contributed by atoms with Gasteiger partial charge >= 0.3 is 6.18 Å². The molecule has 1 aliphatic heterocycles. The van der Waals surface area contributed by atoms with Crippen molar-refractivity contribution < 1.29 is 45.8 Å².